The van der Waals surface area contributed by atoms with Gasteiger partial charge in [-0.15, -0.1) is 0 Å². The Kier molecular flexibility index (Phi) is 1.67. The standard InChI is InChI=1S/C5H8N4O2/c1-11-5(10)2-3(6)8-9-4(2)7/h1H3,(H5,6,7,8,9). The Morgan fingerprint density at radius 3 is 2.64 bits per heavy atom. The number of nitrogens with one attached hydrogen (secondary N) is 1. The molecule has 0 fully saturated rings. The minimum atomic E-state index is -0.589. The predicted molar refractivity (Wildman–Crippen MR) is 38.8 cm³/mol. The molecule has 5 N–H and O–H groups in total. The van der Waals surface area contributed by atoms with Gasteiger partial charge in [-0.2, -0.15) is 5.10 Å². The first-order valence-corrected chi connectivity index (χ1v) is 2.84. The van der Waals surface area contributed by atoms with Crippen LogP contribution in [0.4, 0.5) is 11.6 Å². The molecule has 0 aliphatic rings. The first kappa shape index (κ1) is 7.39. The number of hydrogen-bond donors (Lipinski definition) is 3. The van der Waals surface area contributed by atoms with E-state index in [1.807, 2.05) is 0 Å². The highest BCUT2D eigenvalue weighted by atomic mass is 16.5. The SMILES string of the molecule is COC(=O)c1c(N)n[nH]c1N. The number of rotatable bonds is 1. The maximum atomic E-state index is 10.9. The van der Waals surface area contributed by atoms with E-state index in [1.54, 1.807) is 0 Å². The molecule has 0 radical (unpaired) electrons. The Bertz CT molecular complexity index is 261. The minimum Gasteiger partial charge on any atom is -0.465 e. The molecule has 6 heteroatoms. The number of H-pyrrole nitrogens is 1. The van der Waals surface area contributed by atoms with E-state index < -0.39 is 5.97 Å². The summed E-state index contributed by atoms with van der Waals surface area (Å²) in [6, 6.07) is 0. The smallest absolute Gasteiger partial charge is 0.345 e. The number of anilines is 2. The van der Waals surface area contributed by atoms with E-state index in [2.05, 4.69) is 14.9 Å². The van der Waals surface area contributed by atoms with Crippen molar-refractivity contribution in [2.24, 2.45) is 0 Å². The van der Waals surface area contributed by atoms with Gasteiger partial charge >= 0.3 is 5.97 Å². The second kappa shape index (κ2) is 2.49. The van der Waals surface area contributed by atoms with Crippen molar-refractivity contribution in [3.63, 3.8) is 0 Å². The van der Waals surface area contributed by atoms with E-state index in [1.165, 1.54) is 7.11 Å². The van der Waals surface area contributed by atoms with Crippen molar-refractivity contribution in [3.05, 3.63) is 5.56 Å². The van der Waals surface area contributed by atoms with E-state index >= 15 is 0 Å². The fraction of sp³-hybridized carbons (Fsp3) is 0.200. The number of ether oxygens (including phenoxy) is 1. The van der Waals surface area contributed by atoms with Crippen LogP contribution in [0.25, 0.3) is 0 Å². The van der Waals surface area contributed by atoms with Crippen LogP contribution < -0.4 is 11.5 Å². The molecule has 0 atom stereocenters. The van der Waals surface area contributed by atoms with Crippen LogP contribution in [-0.2, 0) is 4.74 Å². The first-order valence-electron chi connectivity index (χ1n) is 2.84. The lowest BCUT2D eigenvalue weighted by molar-refractivity contribution is 0.0603. The summed E-state index contributed by atoms with van der Waals surface area (Å²) in [5, 5.41) is 5.87. The maximum absolute atomic E-state index is 10.9. The van der Waals surface area contributed by atoms with Gasteiger partial charge in [0.2, 0.25) is 0 Å². The van der Waals surface area contributed by atoms with E-state index in [-0.39, 0.29) is 17.2 Å². The van der Waals surface area contributed by atoms with Crippen LogP contribution in [0.15, 0.2) is 0 Å². The number of nitrogen functional groups attached to an aromatic ring is 2. The highest BCUT2D eigenvalue weighted by Crippen LogP contribution is 2.15. The fourth-order valence-electron chi connectivity index (χ4n) is 0.687. The zero-order chi connectivity index (χ0) is 8.43. The molecule has 6 nitrogen and oxygen atoms in total. The van der Waals surface area contributed by atoms with E-state index in [4.69, 9.17) is 11.5 Å². The molecule has 0 aromatic carbocycles. The maximum Gasteiger partial charge on any atom is 0.345 e. The number of esters is 1. The molecule has 0 saturated carbocycles. The quantitative estimate of drug-likeness (QED) is 0.469. The zero-order valence-corrected chi connectivity index (χ0v) is 5.92. The second-order valence-electron chi connectivity index (χ2n) is 1.89. The van der Waals surface area contributed by atoms with Gasteiger partial charge in [0.1, 0.15) is 11.4 Å². The van der Waals surface area contributed by atoms with Gasteiger partial charge in [-0.05, 0) is 0 Å². The molecule has 0 spiro atoms. The molecule has 0 bridgehead atoms. The highest BCUT2D eigenvalue weighted by molar-refractivity contribution is 5.98. The van der Waals surface area contributed by atoms with Gasteiger partial charge < -0.3 is 16.2 Å². The van der Waals surface area contributed by atoms with Crippen molar-refractivity contribution in [1.29, 1.82) is 0 Å². The molecular weight excluding hydrogens is 148 g/mol. The predicted octanol–water partition coefficient (Wildman–Crippen LogP) is -0.639. The second-order valence-corrected chi connectivity index (χ2v) is 1.89. The Labute approximate surface area is 62.5 Å². The van der Waals surface area contributed by atoms with Crippen LogP contribution in [0.3, 0.4) is 0 Å². The van der Waals surface area contributed by atoms with E-state index in [0.29, 0.717) is 0 Å². The lowest BCUT2D eigenvalue weighted by atomic mass is 10.3. The van der Waals surface area contributed by atoms with Crippen molar-refractivity contribution in [2.75, 3.05) is 18.6 Å². The number of hydrogen-bond acceptors (Lipinski definition) is 5. The van der Waals surface area contributed by atoms with Crippen LogP contribution in [0.1, 0.15) is 10.4 Å². The Balaban J connectivity index is 3.10. The Hall–Kier alpha value is -1.72. The number of carbonyl (C=O) groups excluding carboxylic acids is 1. The molecule has 1 aromatic heterocycles. The van der Waals surface area contributed by atoms with E-state index in [0.717, 1.165) is 0 Å². The highest BCUT2D eigenvalue weighted by Gasteiger charge is 2.16. The molecule has 0 saturated heterocycles. The number of nitrogens with two attached hydrogens (primary N) is 2. The first-order chi connectivity index (χ1) is 5.16. The summed E-state index contributed by atoms with van der Waals surface area (Å²) in [5.74, 6) is -0.419. The third-order valence-corrected chi connectivity index (χ3v) is 1.21. The molecule has 1 aromatic rings. The number of aromatic amines is 1. The summed E-state index contributed by atoms with van der Waals surface area (Å²) in [6.07, 6.45) is 0. The van der Waals surface area contributed by atoms with Crippen molar-refractivity contribution in [2.45, 2.75) is 0 Å². The van der Waals surface area contributed by atoms with Gasteiger partial charge in [-0.3, -0.25) is 5.10 Å². The molecule has 0 amide bonds. The molecule has 0 unspecified atom stereocenters. The molecule has 0 aliphatic carbocycles. The van der Waals surface area contributed by atoms with Gasteiger partial charge in [0.15, 0.2) is 5.82 Å². The van der Waals surface area contributed by atoms with Crippen LogP contribution in [0.5, 0.6) is 0 Å². The summed E-state index contributed by atoms with van der Waals surface area (Å²) in [7, 11) is 1.24. The number of aromatic nitrogens is 2. The Morgan fingerprint density at radius 1 is 1.64 bits per heavy atom. The molecule has 60 valence electrons. The van der Waals surface area contributed by atoms with Crippen molar-refractivity contribution in [1.82, 2.24) is 10.2 Å². The third kappa shape index (κ3) is 1.09. The van der Waals surface area contributed by atoms with Crippen LogP contribution in [-0.4, -0.2) is 23.3 Å². The van der Waals surface area contributed by atoms with Crippen LogP contribution >= 0.6 is 0 Å². The molecule has 1 rings (SSSR count). The number of methoxy groups -OCH3 is 1. The summed E-state index contributed by atoms with van der Waals surface area (Å²) in [4.78, 5) is 10.9. The largest absolute Gasteiger partial charge is 0.465 e. The summed E-state index contributed by atoms with van der Waals surface area (Å²) in [6.45, 7) is 0. The summed E-state index contributed by atoms with van der Waals surface area (Å²) >= 11 is 0. The minimum absolute atomic E-state index is 0.0503. The zero-order valence-electron chi connectivity index (χ0n) is 5.92. The van der Waals surface area contributed by atoms with Gasteiger partial charge in [0.05, 0.1) is 7.11 Å². The number of carbonyl (C=O) groups is 1. The topological polar surface area (TPSA) is 107 Å². The summed E-state index contributed by atoms with van der Waals surface area (Å²) < 4.78 is 4.40. The lowest BCUT2D eigenvalue weighted by Crippen LogP contribution is -2.06. The van der Waals surface area contributed by atoms with Crippen LogP contribution in [0.2, 0.25) is 0 Å². The average molecular weight is 156 g/mol. The number of nitrogens with zero attached hydrogens (tertiary/aromatic N) is 1. The van der Waals surface area contributed by atoms with Crippen molar-refractivity contribution >= 4 is 17.6 Å². The normalized spacial score (nSPS) is 9.55. The molecule has 1 heterocycles. The van der Waals surface area contributed by atoms with Gasteiger partial charge in [-0.25, -0.2) is 4.79 Å². The lowest BCUT2D eigenvalue weighted by Gasteiger charge is -1.95. The van der Waals surface area contributed by atoms with Gasteiger partial charge in [0, 0.05) is 0 Å². The fourth-order valence-corrected chi connectivity index (χ4v) is 0.687. The molecular formula is C5H8N4O2. The monoisotopic (exact) mass is 156 g/mol. The van der Waals surface area contributed by atoms with E-state index in [9.17, 15) is 4.79 Å². The third-order valence-electron chi connectivity index (χ3n) is 1.21. The molecule has 11 heavy (non-hydrogen) atoms. The van der Waals surface area contributed by atoms with Gasteiger partial charge in [0.25, 0.3) is 0 Å². The summed E-state index contributed by atoms with van der Waals surface area (Å²) in [5.41, 5.74) is 10.7. The van der Waals surface area contributed by atoms with Crippen molar-refractivity contribution < 1.29 is 9.53 Å². The van der Waals surface area contributed by atoms with Gasteiger partial charge in [-0.1, -0.05) is 0 Å². The average Bonchev–Trinajstić information content (AvgIpc) is 2.30. The Morgan fingerprint density at radius 2 is 2.27 bits per heavy atom. The molecule has 0 aliphatic heterocycles. The van der Waals surface area contributed by atoms with Crippen molar-refractivity contribution in [3.8, 4) is 0 Å². The van der Waals surface area contributed by atoms with Crippen LogP contribution in [0, 0.1) is 0 Å².